The summed E-state index contributed by atoms with van der Waals surface area (Å²) in [6.07, 6.45) is 1.33. The fourth-order valence-corrected chi connectivity index (χ4v) is 3.68. The van der Waals surface area contributed by atoms with Gasteiger partial charge in [0.15, 0.2) is 5.69 Å². The van der Waals surface area contributed by atoms with E-state index in [0.29, 0.717) is 19.0 Å². The molecule has 174 valence electrons. The highest BCUT2D eigenvalue weighted by Crippen LogP contribution is 2.17. The molecule has 0 aliphatic carbocycles. The SMILES string of the molecule is C[C@H](NC(=O)c1coc(CN(Cc2ccc(F)cc2)Cc2cccc(F)c2)n1)c1ccccc1. The molecule has 0 aliphatic rings. The van der Waals surface area contributed by atoms with Crippen molar-refractivity contribution in [2.45, 2.75) is 32.6 Å². The van der Waals surface area contributed by atoms with E-state index in [1.165, 1.54) is 30.5 Å². The summed E-state index contributed by atoms with van der Waals surface area (Å²) in [7, 11) is 0. The molecule has 0 bridgehead atoms. The van der Waals surface area contributed by atoms with Crippen LogP contribution in [0.4, 0.5) is 8.78 Å². The Morgan fingerprint density at radius 3 is 2.38 bits per heavy atom. The van der Waals surface area contributed by atoms with Crippen LogP contribution in [0.25, 0.3) is 0 Å². The van der Waals surface area contributed by atoms with E-state index in [2.05, 4.69) is 10.3 Å². The van der Waals surface area contributed by atoms with Crippen molar-refractivity contribution in [3.8, 4) is 0 Å². The Bertz CT molecular complexity index is 1230. The van der Waals surface area contributed by atoms with Crippen LogP contribution >= 0.6 is 0 Å². The predicted octanol–water partition coefficient (Wildman–Crippen LogP) is 5.65. The number of nitrogens with one attached hydrogen (secondary N) is 1. The van der Waals surface area contributed by atoms with E-state index >= 15 is 0 Å². The maximum atomic E-state index is 13.7. The summed E-state index contributed by atoms with van der Waals surface area (Å²) in [5, 5.41) is 2.92. The molecule has 4 aromatic rings. The number of aromatic nitrogens is 1. The summed E-state index contributed by atoms with van der Waals surface area (Å²) < 4.78 is 32.6. The topological polar surface area (TPSA) is 58.4 Å². The third kappa shape index (κ3) is 6.36. The number of benzene rings is 3. The number of amides is 1. The smallest absolute Gasteiger partial charge is 0.273 e. The lowest BCUT2D eigenvalue weighted by Crippen LogP contribution is -2.27. The maximum Gasteiger partial charge on any atom is 0.273 e. The monoisotopic (exact) mass is 461 g/mol. The number of oxazole rings is 1. The Kier molecular flexibility index (Phi) is 7.44. The molecular formula is C27H25F2N3O2. The summed E-state index contributed by atoms with van der Waals surface area (Å²) in [6.45, 7) is 3.07. The quantitative estimate of drug-likeness (QED) is 0.350. The van der Waals surface area contributed by atoms with Crippen LogP contribution in [0.15, 0.2) is 89.5 Å². The van der Waals surface area contributed by atoms with E-state index in [4.69, 9.17) is 4.42 Å². The summed E-state index contributed by atoms with van der Waals surface area (Å²) in [5.41, 5.74) is 2.84. The summed E-state index contributed by atoms with van der Waals surface area (Å²) in [4.78, 5) is 19.0. The van der Waals surface area contributed by atoms with Crippen LogP contribution < -0.4 is 5.32 Å². The van der Waals surface area contributed by atoms with Crippen molar-refractivity contribution in [3.63, 3.8) is 0 Å². The molecule has 1 N–H and O–H groups in total. The predicted molar refractivity (Wildman–Crippen MR) is 125 cm³/mol. The first kappa shape index (κ1) is 23.3. The van der Waals surface area contributed by atoms with Crippen molar-refractivity contribution in [1.29, 1.82) is 0 Å². The van der Waals surface area contributed by atoms with Crippen molar-refractivity contribution in [2.24, 2.45) is 0 Å². The molecule has 1 amide bonds. The summed E-state index contributed by atoms with van der Waals surface area (Å²) in [5.74, 6) is -0.604. The van der Waals surface area contributed by atoms with E-state index in [9.17, 15) is 13.6 Å². The minimum absolute atomic E-state index is 0.184. The van der Waals surface area contributed by atoms with Gasteiger partial charge in [-0.1, -0.05) is 54.6 Å². The second-order valence-corrected chi connectivity index (χ2v) is 8.13. The standard InChI is InChI=1S/C27H25F2N3O2/c1-19(22-7-3-2-4-8-22)30-27(33)25-18-34-26(31-25)17-32(15-20-10-12-23(28)13-11-20)16-21-6-5-9-24(29)14-21/h2-14,18-19H,15-17H2,1H3,(H,30,33)/t19-/m0/s1. The summed E-state index contributed by atoms with van der Waals surface area (Å²) >= 11 is 0. The average molecular weight is 462 g/mol. The Labute approximate surface area is 197 Å². The molecule has 3 aromatic carbocycles. The largest absolute Gasteiger partial charge is 0.447 e. The Morgan fingerprint density at radius 2 is 1.65 bits per heavy atom. The van der Waals surface area contributed by atoms with Crippen LogP contribution in [0.1, 0.15) is 46.0 Å². The number of nitrogens with zero attached hydrogens (tertiary/aromatic N) is 2. The normalized spacial score (nSPS) is 12.0. The van der Waals surface area contributed by atoms with Crippen LogP contribution in [0.2, 0.25) is 0 Å². The molecule has 0 unspecified atom stereocenters. The van der Waals surface area contributed by atoms with Crippen LogP contribution in [0.3, 0.4) is 0 Å². The van der Waals surface area contributed by atoms with Crippen LogP contribution in [0.5, 0.6) is 0 Å². The average Bonchev–Trinajstić information content (AvgIpc) is 3.30. The fourth-order valence-electron chi connectivity index (χ4n) is 3.68. The van der Waals surface area contributed by atoms with E-state index in [1.54, 1.807) is 18.2 Å². The van der Waals surface area contributed by atoms with Gasteiger partial charge in [0.1, 0.15) is 17.9 Å². The zero-order chi connectivity index (χ0) is 23.9. The van der Waals surface area contributed by atoms with Crippen molar-refractivity contribution in [1.82, 2.24) is 15.2 Å². The second kappa shape index (κ2) is 10.9. The van der Waals surface area contributed by atoms with Gasteiger partial charge in [-0.3, -0.25) is 9.69 Å². The highest BCUT2D eigenvalue weighted by Gasteiger charge is 2.18. The number of carbonyl (C=O) groups is 1. The molecule has 7 heteroatoms. The number of hydrogen-bond acceptors (Lipinski definition) is 4. The highest BCUT2D eigenvalue weighted by atomic mass is 19.1. The Hall–Kier alpha value is -3.84. The zero-order valence-corrected chi connectivity index (χ0v) is 18.7. The van der Waals surface area contributed by atoms with E-state index in [0.717, 1.165) is 16.7 Å². The van der Waals surface area contributed by atoms with Gasteiger partial charge in [-0.25, -0.2) is 13.8 Å². The molecule has 0 spiro atoms. The Morgan fingerprint density at radius 1 is 0.912 bits per heavy atom. The van der Waals surface area contributed by atoms with Gasteiger partial charge in [-0.05, 0) is 47.9 Å². The Balaban J connectivity index is 1.46. The van der Waals surface area contributed by atoms with Gasteiger partial charge in [0.05, 0.1) is 12.6 Å². The summed E-state index contributed by atoms with van der Waals surface area (Å²) in [6, 6.07) is 22.0. The van der Waals surface area contributed by atoms with Gasteiger partial charge in [0, 0.05) is 13.1 Å². The highest BCUT2D eigenvalue weighted by molar-refractivity contribution is 5.92. The third-order valence-corrected chi connectivity index (χ3v) is 5.41. The molecule has 1 atom stereocenters. The molecule has 0 saturated carbocycles. The van der Waals surface area contributed by atoms with E-state index in [-0.39, 0.29) is 35.8 Å². The lowest BCUT2D eigenvalue weighted by atomic mass is 10.1. The molecule has 4 rings (SSSR count). The second-order valence-electron chi connectivity index (χ2n) is 8.13. The first-order valence-electron chi connectivity index (χ1n) is 11.0. The van der Waals surface area contributed by atoms with Gasteiger partial charge < -0.3 is 9.73 Å². The lowest BCUT2D eigenvalue weighted by molar-refractivity contribution is 0.0934. The number of carbonyl (C=O) groups excluding carboxylic acids is 1. The molecular weight excluding hydrogens is 436 g/mol. The molecule has 0 radical (unpaired) electrons. The van der Waals surface area contributed by atoms with E-state index < -0.39 is 0 Å². The van der Waals surface area contributed by atoms with Crippen molar-refractivity contribution >= 4 is 5.91 Å². The van der Waals surface area contributed by atoms with Gasteiger partial charge in [0.25, 0.3) is 5.91 Å². The fraction of sp³-hybridized carbons (Fsp3) is 0.185. The minimum atomic E-state index is -0.332. The number of hydrogen-bond donors (Lipinski definition) is 1. The molecule has 0 saturated heterocycles. The first-order valence-corrected chi connectivity index (χ1v) is 11.0. The van der Waals surface area contributed by atoms with Crippen molar-refractivity contribution in [3.05, 3.63) is 125 Å². The van der Waals surface area contributed by atoms with Crippen LogP contribution in [-0.4, -0.2) is 15.8 Å². The number of rotatable bonds is 9. The third-order valence-electron chi connectivity index (χ3n) is 5.41. The molecule has 1 heterocycles. The molecule has 1 aromatic heterocycles. The number of halogens is 2. The molecule has 5 nitrogen and oxygen atoms in total. The molecule has 0 aliphatic heterocycles. The minimum Gasteiger partial charge on any atom is -0.447 e. The van der Waals surface area contributed by atoms with Crippen LogP contribution in [-0.2, 0) is 19.6 Å². The van der Waals surface area contributed by atoms with Crippen molar-refractivity contribution in [2.75, 3.05) is 0 Å². The van der Waals surface area contributed by atoms with Crippen molar-refractivity contribution < 1.29 is 18.0 Å². The van der Waals surface area contributed by atoms with Gasteiger partial charge in [0.2, 0.25) is 5.89 Å². The van der Waals surface area contributed by atoms with E-state index in [1.807, 2.05) is 48.2 Å². The lowest BCUT2D eigenvalue weighted by Gasteiger charge is -2.21. The van der Waals surface area contributed by atoms with Gasteiger partial charge >= 0.3 is 0 Å². The van der Waals surface area contributed by atoms with Gasteiger partial charge in [-0.15, -0.1) is 0 Å². The van der Waals surface area contributed by atoms with Gasteiger partial charge in [-0.2, -0.15) is 0 Å². The molecule has 34 heavy (non-hydrogen) atoms. The maximum absolute atomic E-state index is 13.7. The van der Waals surface area contributed by atoms with Crippen LogP contribution in [0, 0.1) is 11.6 Å². The first-order chi connectivity index (χ1) is 16.5. The zero-order valence-electron chi connectivity index (χ0n) is 18.7. The molecule has 0 fully saturated rings.